The van der Waals surface area contributed by atoms with E-state index in [1.807, 2.05) is 25.1 Å². The fourth-order valence-electron chi connectivity index (χ4n) is 1.90. The van der Waals surface area contributed by atoms with Crippen molar-refractivity contribution in [2.75, 3.05) is 6.61 Å². The van der Waals surface area contributed by atoms with Crippen molar-refractivity contribution in [1.29, 1.82) is 0 Å². The van der Waals surface area contributed by atoms with Gasteiger partial charge in [-0.2, -0.15) is 0 Å². The molecule has 1 aromatic carbocycles. The molecule has 0 radical (unpaired) electrons. The average Bonchev–Trinajstić information content (AvgIpc) is 2.89. The van der Waals surface area contributed by atoms with Gasteiger partial charge in [0.1, 0.15) is 5.75 Å². The molecular formula is C15H18BrNOS. The van der Waals surface area contributed by atoms with Gasteiger partial charge in [-0.3, -0.25) is 0 Å². The minimum atomic E-state index is -0.0720. The van der Waals surface area contributed by atoms with Gasteiger partial charge in [-0.1, -0.05) is 13.0 Å². The van der Waals surface area contributed by atoms with Crippen LogP contribution in [0.5, 0.6) is 5.75 Å². The van der Waals surface area contributed by atoms with Crippen LogP contribution in [0, 0.1) is 0 Å². The number of halogens is 1. The molecule has 2 rings (SSSR count). The first-order valence-corrected chi connectivity index (χ1v) is 8.03. The first kappa shape index (κ1) is 14.6. The quantitative estimate of drug-likeness (QED) is 0.869. The first-order chi connectivity index (χ1) is 9.15. The lowest BCUT2D eigenvalue weighted by Crippen LogP contribution is -2.10. The third kappa shape index (κ3) is 3.38. The van der Waals surface area contributed by atoms with E-state index in [2.05, 4.69) is 35.0 Å². The summed E-state index contributed by atoms with van der Waals surface area (Å²) in [7, 11) is 0. The van der Waals surface area contributed by atoms with Crippen molar-refractivity contribution in [1.82, 2.24) is 0 Å². The first-order valence-electron chi connectivity index (χ1n) is 6.42. The van der Waals surface area contributed by atoms with E-state index in [1.54, 1.807) is 11.3 Å². The molecule has 0 saturated carbocycles. The van der Waals surface area contributed by atoms with Gasteiger partial charge in [-0.15, -0.1) is 11.3 Å². The molecule has 1 unspecified atom stereocenters. The number of thiophene rings is 1. The zero-order chi connectivity index (χ0) is 13.8. The Morgan fingerprint density at radius 2 is 2.05 bits per heavy atom. The maximum atomic E-state index is 6.33. The van der Waals surface area contributed by atoms with Crippen molar-refractivity contribution in [3.8, 4) is 5.75 Å². The summed E-state index contributed by atoms with van der Waals surface area (Å²) < 4.78 is 6.47. The maximum absolute atomic E-state index is 6.33. The van der Waals surface area contributed by atoms with Gasteiger partial charge in [0.25, 0.3) is 0 Å². The summed E-state index contributed by atoms with van der Waals surface area (Å²) in [5.74, 6) is 0.860. The molecule has 2 aromatic rings. The van der Waals surface area contributed by atoms with Gasteiger partial charge in [0.2, 0.25) is 0 Å². The molecule has 0 aliphatic rings. The number of hydrogen-bond acceptors (Lipinski definition) is 3. The molecule has 0 amide bonds. The zero-order valence-electron chi connectivity index (χ0n) is 11.2. The second-order valence-electron chi connectivity index (χ2n) is 4.26. The van der Waals surface area contributed by atoms with E-state index in [0.717, 1.165) is 22.2 Å². The van der Waals surface area contributed by atoms with Crippen LogP contribution in [0.3, 0.4) is 0 Å². The Morgan fingerprint density at radius 1 is 1.26 bits per heavy atom. The minimum absolute atomic E-state index is 0.0720. The van der Waals surface area contributed by atoms with Crippen LogP contribution in [0.1, 0.15) is 35.2 Å². The highest BCUT2D eigenvalue weighted by Gasteiger charge is 2.13. The molecule has 0 bridgehead atoms. The predicted octanol–water partition coefficient (Wildman–Crippen LogP) is 4.52. The monoisotopic (exact) mass is 339 g/mol. The standard InChI is InChI=1S/C15H18BrNOS/c1-3-11-6-8-14(19-11)15(17)10-5-7-13(18-4-2)12(16)9-10/h5-9,15H,3-4,17H2,1-2H3. The summed E-state index contributed by atoms with van der Waals surface area (Å²) in [4.78, 5) is 2.57. The summed E-state index contributed by atoms with van der Waals surface area (Å²) >= 11 is 5.32. The van der Waals surface area contributed by atoms with Crippen molar-refractivity contribution in [2.45, 2.75) is 26.3 Å². The van der Waals surface area contributed by atoms with Crippen molar-refractivity contribution in [3.05, 3.63) is 50.1 Å². The van der Waals surface area contributed by atoms with Crippen LogP contribution in [0.15, 0.2) is 34.8 Å². The Bertz CT molecular complexity index is 553. The second-order valence-corrected chi connectivity index (χ2v) is 6.31. The Kier molecular flexibility index (Phi) is 5.02. The molecule has 19 heavy (non-hydrogen) atoms. The molecule has 0 aliphatic heterocycles. The van der Waals surface area contributed by atoms with Crippen LogP contribution in [0.4, 0.5) is 0 Å². The van der Waals surface area contributed by atoms with Gasteiger partial charge < -0.3 is 10.5 Å². The van der Waals surface area contributed by atoms with E-state index in [0.29, 0.717) is 6.61 Å². The van der Waals surface area contributed by atoms with Crippen LogP contribution in [-0.2, 0) is 6.42 Å². The second kappa shape index (κ2) is 6.55. The fraction of sp³-hybridized carbons (Fsp3) is 0.333. The molecule has 0 spiro atoms. The lowest BCUT2D eigenvalue weighted by Gasteiger charge is -2.13. The summed E-state index contributed by atoms with van der Waals surface area (Å²) in [5, 5.41) is 0. The molecule has 2 nitrogen and oxygen atoms in total. The molecule has 1 aromatic heterocycles. The van der Waals surface area contributed by atoms with Gasteiger partial charge >= 0.3 is 0 Å². The molecule has 102 valence electrons. The van der Waals surface area contributed by atoms with Crippen LogP contribution in [-0.4, -0.2) is 6.61 Å². The molecule has 0 fully saturated rings. The largest absolute Gasteiger partial charge is 0.493 e. The highest BCUT2D eigenvalue weighted by atomic mass is 79.9. The average molecular weight is 340 g/mol. The number of ether oxygens (including phenoxy) is 1. The molecule has 4 heteroatoms. The van der Waals surface area contributed by atoms with E-state index in [4.69, 9.17) is 10.5 Å². The number of nitrogens with two attached hydrogens (primary N) is 1. The van der Waals surface area contributed by atoms with Gasteiger partial charge in [0.15, 0.2) is 0 Å². The van der Waals surface area contributed by atoms with Gasteiger partial charge in [0, 0.05) is 9.75 Å². The molecule has 0 saturated heterocycles. The van der Waals surface area contributed by atoms with Crippen molar-refractivity contribution < 1.29 is 4.74 Å². The van der Waals surface area contributed by atoms with E-state index in [9.17, 15) is 0 Å². The number of benzene rings is 1. The summed E-state index contributed by atoms with van der Waals surface area (Å²) in [6, 6.07) is 10.3. The Morgan fingerprint density at radius 3 is 2.63 bits per heavy atom. The van der Waals surface area contributed by atoms with Crippen molar-refractivity contribution in [3.63, 3.8) is 0 Å². The number of rotatable bonds is 5. The third-order valence-corrected chi connectivity index (χ3v) is 4.88. The lowest BCUT2D eigenvalue weighted by atomic mass is 10.1. The summed E-state index contributed by atoms with van der Waals surface area (Å²) in [6.45, 7) is 4.80. The Labute approximate surface area is 126 Å². The van der Waals surface area contributed by atoms with E-state index in [-0.39, 0.29) is 6.04 Å². The smallest absolute Gasteiger partial charge is 0.133 e. The number of aryl methyl sites for hydroxylation is 1. The van der Waals surface area contributed by atoms with E-state index < -0.39 is 0 Å². The molecule has 0 aliphatic carbocycles. The van der Waals surface area contributed by atoms with Gasteiger partial charge in [-0.05, 0) is 59.1 Å². The van der Waals surface area contributed by atoms with Crippen LogP contribution < -0.4 is 10.5 Å². The molecule has 1 heterocycles. The highest BCUT2D eigenvalue weighted by Crippen LogP contribution is 2.32. The lowest BCUT2D eigenvalue weighted by molar-refractivity contribution is 0.338. The highest BCUT2D eigenvalue weighted by molar-refractivity contribution is 9.10. The number of hydrogen-bond donors (Lipinski definition) is 1. The fourth-order valence-corrected chi connectivity index (χ4v) is 3.39. The molecule has 1 atom stereocenters. The Balaban J connectivity index is 2.23. The summed E-state index contributed by atoms with van der Waals surface area (Å²) in [5.41, 5.74) is 7.42. The maximum Gasteiger partial charge on any atom is 0.133 e. The van der Waals surface area contributed by atoms with E-state index >= 15 is 0 Å². The predicted molar refractivity (Wildman–Crippen MR) is 85.0 cm³/mol. The van der Waals surface area contributed by atoms with Crippen LogP contribution >= 0.6 is 27.3 Å². The van der Waals surface area contributed by atoms with Crippen molar-refractivity contribution in [2.24, 2.45) is 5.73 Å². The Hall–Kier alpha value is -0.840. The summed E-state index contributed by atoms with van der Waals surface area (Å²) in [6.07, 6.45) is 1.06. The zero-order valence-corrected chi connectivity index (χ0v) is 13.6. The molecule has 2 N–H and O–H groups in total. The minimum Gasteiger partial charge on any atom is -0.493 e. The van der Waals surface area contributed by atoms with Crippen LogP contribution in [0.2, 0.25) is 0 Å². The normalized spacial score (nSPS) is 12.4. The van der Waals surface area contributed by atoms with E-state index in [1.165, 1.54) is 9.75 Å². The van der Waals surface area contributed by atoms with Crippen molar-refractivity contribution >= 4 is 27.3 Å². The third-order valence-electron chi connectivity index (χ3n) is 2.95. The van der Waals surface area contributed by atoms with Crippen LogP contribution in [0.25, 0.3) is 0 Å². The van der Waals surface area contributed by atoms with Gasteiger partial charge in [0.05, 0.1) is 17.1 Å². The van der Waals surface area contributed by atoms with Gasteiger partial charge in [-0.25, -0.2) is 0 Å². The molecular weight excluding hydrogens is 322 g/mol. The SMILES string of the molecule is CCOc1ccc(C(N)c2ccc(CC)s2)cc1Br. The topological polar surface area (TPSA) is 35.2 Å².